The number of nitrogens with zero attached hydrogens (tertiary/aromatic N) is 3. The van der Waals surface area contributed by atoms with Crippen LogP contribution in [-0.2, 0) is 4.79 Å². The number of aromatic nitrogens is 2. The zero-order valence-corrected chi connectivity index (χ0v) is 22.1. The van der Waals surface area contributed by atoms with E-state index < -0.39 is 0 Å². The van der Waals surface area contributed by atoms with Crippen LogP contribution in [0.5, 0.6) is 11.5 Å². The van der Waals surface area contributed by atoms with Crippen molar-refractivity contribution in [1.29, 1.82) is 0 Å². The molecule has 196 valence electrons. The predicted octanol–water partition coefficient (Wildman–Crippen LogP) is 5.36. The van der Waals surface area contributed by atoms with Crippen LogP contribution >= 0.6 is 0 Å². The van der Waals surface area contributed by atoms with E-state index in [-0.39, 0.29) is 18.4 Å². The van der Waals surface area contributed by atoms with E-state index in [0.29, 0.717) is 30.1 Å². The highest BCUT2D eigenvalue weighted by Crippen LogP contribution is 2.33. The maximum absolute atomic E-state index is 13.4. The summed E-state index contributed by atoms with van der Waals surface area (Å²) in [5.74, 6) is 1.29. The Morgan fingerprint density at radius 2 is 1.63 bits per heavy atom. The molecule has 0 atom stereocenters. The normalized spacial score (nSPS) is 10.6. The summed E-state index contributed by atoms with van der Waals surface area (Å²) >= 11 is 0. The first-order valence-corrected chi connectivity index (χ1v) is 12.5. The third-order valence-electron chi connectivity index (χ3n) is 6.13. The van der Waals surface area contributed by atoms with Gasteiger partial charge in [0.1, 0.15) is 23.9 Å². The van der Waals surface area contributed by atoms with Gasteiger partial charge in [0.05, 0.1) is 25.6 Å². The highest BCUT2D eigenvalue weighted by atomic mass is 16.5. The van der Waals surface area contributed by atoms with Gasteiger partial charge in [0.25, 0.3) is 5.91 Å². The minimum absolute atomic E-state index is 0.106. The molecule has 1 N–H and O–H groups in total. The van der Waals surface area contributed by atoms with Gasteiger partial charge in [-0.1, -0.05) is 43.3 Å². The molecule has 0 aliphatic rings. The standard InChI is InChI=1S/C30H32N4O4/c1-5-18-33(30(36)23-12-9-13-26(19-23)38-4)20-27(35)31-29-28(22-10-7-6-8-11-22)21(2)32-34(29)24-14-16-25(37-3)17-15-24/h6-17,19H,5,18,20H2,1-4H3,(H,31,35). The zero-order valence-electron chi connectivity index (χ0n) is 22.1. The number of methoxy groups -OCH3 is 2. The molecule has 4 aromatic rings. The van der Waals surface area contributed by atoms with Gasteiger partial charge in [0.2, 0.25) is 5.91 Å². The molecule has 38 heavy (non-hydrogen) atoms. The molecular formula is C30H32N4O4. The molecule has 0 saturated carbocycles. The summed E-state index contributed by atoms with van der Waals surface area (Å²) in [7, 11) is 3.17. The summed E-state index contributed by atoms with van der Waals surface area (Å²) in [5, 5.41) is 7.80. The van der Waals surface area contributed by atoms with Crippen molar-refractivity contribution in [3.63, 3.8) is 0 Å². The lowest BCUT2D eigenvalue weighted by Crippen LogP contribution is -2.38. The SMILES string of the molecule is CCCN(CC(=O)Nc1c(-c2ccccc2)c(C)nn1-c1ccc(OC)cc1)C(=O)c1cccc(OC)c1. The second-order valence-corrected chi connectivity index (χ2v) is 8.79. The molecule has 1 heterocycles. The van der Waals surface area contributed by atoms with Crippen molar-refractivity contribution >= 4 is 17.6 Å². The highest BCUT2D eigenvalue weighted by Gasteiger charge is 2.23. The summed E-state index contributed by atoms with van der Waals surface area (Å²) < 4.78 is 12.3. The number of aryl methyl sites for hydroxylation is 1. The van der Waals surface area contributed by atoms with Gasteiger partial charge in [0, 0.05) is 17.7 Å². The van der Waals surface area contributed by atoms with E-state index in [9.17, 15) is 9.59 Å². The van der Waals surface area contributed by atoms with E-state index in [0.717, 1.165) is 28.3 Å². The van der Waals surface area contributed by atoms with Crippen LogP contribution in [-0.4, -0.2) is 53.8 Å². The highest BCUT2D eigenvalue weighted by molar-refractivity contribution is 6.01. The van der Waals surface area contributed by atoms with Gasteiger partial charge in [-0.3, -0.25) is 9.59 Å². The van der Waals surface area contributed by atoms with E-state index in [2.05, 4.69) is 5.32 Å². The Bertz CT molecular complexity index is 1400. The van der Waals surface area contributed by atoms with Gasteiger partial charge in [-0.05, 0) is 61.4 Å². The summed E-state index contributed by atoms with van der Waals surface area (Å²) in [6, 6.07) is 24.2. The molecule has 0 saturated heterocycles. The molecule has 0 aliphatic carbocycles. The maximum atomic E-state index is 13.4. The van der Waals surface area contributed by atoms with Crippen LogP contribution in [0.15, 0.2) is 78.9 Å². The minimum Gasteiger partial charge on any atom is -0.497 e. The molecule has 0 aliphatic heterocycles. The zero-order chi connectivity index (χ0) is 27.1. The number of hydrogen-bond donors (Lipinski definition) is 1. The van der Waals surface area contributed by atoms with Crippen molar-refractivity contribution in [2.45, 2.75) is 20.3 Å². The second-order valence-electron chi connectivity index (χ2n) is 8.79. The molecule has 8 heteroatoms. The van der Waals surface area contributed by atoms with Crippen LogP contribution in [0.1, 0.15) is 29.4 Å². The van der Waals surface area contributed by atoms with E-state index in [1.54, 1.807) is 48.1 Å². The minimum atomic E-state index is -0.318. The molecule has 8 nitrogen and oxygen atoms in total. The number of ether oxygens (including phenoxy) is 2. The topological polar surface area (TPSA) is 85.7 Å². The lowest BCUT2D eigenvalue weighted by atomic mass is 10.1. The number of amides is 2. The van der Waals surface area contributed by atoms with Crippen LogP contribution in [0.4, 0.5) is 5.82 Å². The average molecular weight is 513 g/mol. The fraction of sp³-hybridized carbons (Fsp3) is 0.233. The predicted molar refractivity (Wildman–Crippen MR) is 148 cm³/mol. The van der Waals surface area contributed by atoms with Crippen molar-refractivity contribution in [3.05, 3.63) is 90.1 Å². The fourth-order valence-corrected chi connectivity index (χ4v) is 4.31. The first-order chi connectivity index (χ1) is 18.4. The Balaban J connectivity index is 1.67. The summed E-state index contributed by atoms with van der Waals surface area (Å²) in [5.41, 5.74) is 3.74. The Hall–Kier alpha value is -4.59. The number of hydrogen-bond acceptors (Lipinski definition) is 5. The van der Waals surface area contributed by atoms with Crippen LogP contribution in [0.2, 0.25) is 0 Å². The van der Waals surface area contributed by atoms with E-state index in [4.69, 9.17) is 14.6 Å². The summed E-state index contributed by atoms with van der Waals surface area (Å²) in [4.78, 5) is 28.3. The molecular weight excluding hydrogens is 480 g/mol. The molecule has 0 fully saturated rings. The van der Waals surface area contributed by atoms with Crippen molar-refractivity contribution in [3.8, 4) is 28.3 Å². The Labute approximate surface area is 222 Å². The van der Waals surface area contributed by atoms with Gasteiger partial charge in [-0.15, -0.1) is 0 Å². The average Bonchev–Trinajstić information content (AvgIpc) is 3.27. The first-order valence-electron chi connectivity index (χ1n) is 12.5. The number of carbonyl (C=O) groups is 2. The van der Waals surface area contributed by atoms with Crippen LogP contribution in [0.25, 0.3) is 16.8 Å². The molecule has 0 unspecified atom stereocenters. The number of rotatable bonds is 10. The Kier molecular flexibility index (Phi) is 8.43. The van der Waals surface area contributed by atoms with E-state index >= 15 is 0 Å². The number of nitrogens with one attached hydrogen (secondary N) is 1. The van der Waals surface area contributed by atoms with E-state index in [1.807, 2.05) is 68.4 Å². The summed E-state index contributed by atoms with van der Waals surface area (Å²) in [6.45, 7) is 4.21. The molecule has 3 aromatic carbocycles. The van der Waals surface area contributed by atoms with Gasteiger partial charge in [-0.2, -0.15) is 5.10 Å². The first kappa shape index (κ1) is 26.5. The largest absolute Gasteiger partial charge is 0.497 e. The third kappa shape index (κ3) is 5.86. The van der Waals surface area contributed by atoms with Crippen LogP contribution in [0, 0.1) is 6.92 Å². The van der Waals surface area contributed by atoms with Crippen molar-refractivity contribution in [2.24, 2.45) is 0 Å². The molecule has 0 spiro atoms. The quantitative estimate of drug-likeness (QED) is 0.309. The number of benzene rings is 3. The number of carbonyl (C=O) groups excluding carboxylic acids is 2. The smallest absolute Gasteiger partial charge is 0.254 e. The summed E-state index contributed by atoms with van der Waals surface area (Å²) in [6.07, 6.45) is 0.709. The van der Waals surface area contributed by atoms with Crippen molar-refractivity contribution in [2.75, 3.05) is 32.6 Å². The number of anilines is 1. The molecule has 2 amide bonds. The van der Waals surface area contributed by atoms with Crippen molar-refractivity contribution in [1.82, 2.24) is 14.7 Å². The fourth-order valence-electron chi connectivity index (χ4n) is 4.31. The van der Waals surface area contributed by atoms with Crippen LogP contribution in [0.3, 0.4) is 0 Å². The second kappa shape index (κ2) is 12.1. The van der Waals surface area contributed by atoms with E-state index in [1.165, 1.54) is 0 Å². The van der Waals surface area contributed by atoms with Crippen LogP contribution < -0.4 is 14.8 Å². The Morgan fingerprint density at radius 1 is 0.921 bits per heavy atom. The van der Waals surface area contributed by atoms with Gasteiger partial charge >= 0.3 is 0 Å². The van der Waals surface area contributed by atoms with Crippen molar-refractivity contribution < 1.29 is 19.1 Å². The lowest BCUT2D eigenvalue weighted by molar-refractivity contribution is -0.116. The third-order valence-corrected chi connectivity index (χ3v) is 6.13. The molecule has 0 radical (unpaired) electrons. The van der Waals surface area contributed by atoms with Gasteiger partial charge in [0.15, 0.2) is 0 Å². The monoisotopic (exact) mass is 512 g/mol. The molecule has 4 rings (SSSR count). The Morgan fingerprint density at radius 3 is 2.29 bits per heavy atom. The lowest BCUT2D eigenvalue weighted by Gasteiger charge is -2.22. The van der Waals surface area contributed by atoms with Gasteiger partial charge in [-0.25, -0.2) is 4.68 Å². The maximum Gasteiger partial charge on any atom is 0.254 e. The van der Waals surface area contributed by atoms with Gasteiger partial charge < -0.3 is 19.7 Å². The molecule has 0 bridgehead atoms. The molecule has 1 aromatic heterocycles.